The number of halogens is 3. The van der Waals surface area contributed by atoms with Crippen molar-refractivity contribution in [3.05, 3.63) is 64.5 Å². The second-order valence-electron chi connectivity index (χ2n) is 10.2. The number of ether oxygens (including phenoxy) is 3. The maximum absolute atomic E-state index is 12.4. The molecule has 3 atom stereocenters. The molecule has 2 unspecified atom stereocenters. The van der Waals surface area contributed by atoms with Crippen LogP contribution in [0.4, 0.5) is 24.8 Å². The van der Waals surface area contributed by atoms with Gasteiger partial charge in [-0.3, -0.25) is 4.57 Å². The number of pyridine rings is 1. The Hall–Kier alpha value is -4.07. The van der Waals surface area contributed by atoms with Gasteiger partial charge < -0.3 is 34.5 Å². The van der Waals surface area contributed by atoms with Gasteiger partial charge in [-0.1, -0.05) is 6.07 Å². The first-order chi connectivity index (χ1) is 19.2. The number of fused-ring (bicyclic) bond motifs is 3. The molecule has 3 aliphatic rings. The van der Waals surface area contributed by atoms with Crippen molar-refractivity contribution >= 4 is 11.6 Å². The average Bonchev–Trinajstić information content (AvgIpc) is 3.46. The molecule has 5 heterocycles. The van der Waals surface area contributed by atoms with Crippen LogP contribution in [0.15, 0.2) is 48.8 Å². The Morgan fingerprint density at radius 3 is 2.48 bits per heavy atom. The van der Waals surface area contributed by atoms with E-state index in [1.54, 1.807) is 4.57 Å². The second-order valence-corrected chi connectivity index (χ2v) is 10.2. The second kappa shape index (κ2) is 10.5. The highest BCUT2D eigenvalue weighted by molar-refractivity contribution is 5.45. The number of rotatable bonds is 8. The molecule has 1 N–H and O–H groups in total. The number of hydrogen-bond donors (Lipinski definition) is 1. The van der Waals surface area contributed by atoms with Crippen LogP contribution in [0.5, 0.6) is 17.5 Å². The molecule has 1 aromatic carbocycles. The number of nitrogens with one attached hydrogen (secondary N) is 1. The smallest absolute Gasteiger partial charge is 0.490 e. The minimum Gasteiger partial charge on any atom is -0.490 e. The standard InChI is InChI=1S/C26H27F3N6O5/c27-26(28,29)40-21-6-4-20(5-7-21)39-22-9-18-2-3-19(10-22)34(18)23-8-1-16(12-31-23)11-30-17-13-33-14-24(35(36)37)32-25(33)38-15-17/h1,4-8,12,14,17-19,22,30H,2-3,9-11,13,15H2/t17-,18?,19?,22?/m0/s1. The van der Waals surface area contributed by atoms with Gasteiger partial charge in [-0.15, -0.1) is 13.2 Å². The Morgan fingerprint density at radius 2 is 1.82 bits per heavy atom. The Labute approximate surface area is 227 Å². The van der Waals surface area contributed by atoms with Crippen LogP contribution in [-0.2, 0) is 13.1 Å². The summed E-state index contributed by atoms with van der Waals surface area (Å²) in [4.78, 5) is 21.4. The first kappa shape index (κ1) is 26.2. The summed E-state index contributed by atoms with van der Waals surface area (Å²) in [6.07, 6.45) is 2.16. The van der Waals surface area contributed by atoms with Crippen LogP contribution >= 0.6 is 0 Å². The van der Waals surface area contributed by atoms with Crippen LogP contribution in [0.1, 0.15) is 31.2 Å². The molecule has 0 aliphatic carbocycles. The first-order valence-corrected chi connectivity index (χ1v) is 13.0. The van der Waals surface area contributed by atoms with E-state index in [0.29, 0.717) is 25.4 Å². The third-order valence-electron chi connectivity index (χ3n) is 7.46. The third-order valence-corrected chi connectivity index (χ3v) is 7.46. The quantitative estimate of drug-likeness (QED) is 0.319. The van der Waals surface area contributed by atoms with E-state index in [1.807, 2.05) is 18.3 Å². The highest BCUT2D eigenvalue weighted by Gasteiger charge is 2.42. The van der Waals surface area contributed by atoms with Gasteiger partial charge in [0.25, 0.3) is 0 Å². The number of piperidine rings is 1. The number of aromatic nitrogens is 3. The van der Waals surface area contributed by atoms with Crippen LogP contribution in [0.25, 0.3) is 0 Å². The molecule has 2 saturated heterocycles. The Balaban J connectivity index is 1.01. The number of benzene rings is 1. The van der Waals surface area contributed by atoms with E-state index in [0.717, 1.165) is 37.1 Å². The van der Waals surface area contributed by atoms with E-state index in [2.05, 4.69) is 19.9 Å². The van der Waals surface area contributed by atoms with Gasteiger partial charge in [0.15, 0.2) is 0 Å². The van der Waals surface area contributed by atoms with E-state index in [9.17, 15) is 23.3 Å². The van der Waals surface area contributed by atoms with Crippen molar-refractivity contribution in [2.24, 2.45) is 0 Å². The van der Waals surface area contributed by atoms with Gasteiger partial charge in [-0.2, -0.15) is 0 Å². The molecule has 3 aliphatic heterocycles. The molecule has 40 heavy (non-hydrogen) atoms. The molecule has 6 rings (SSSR count). The molecule has 2 aromatic heterocycles. The van der Waals surface area contributed by atoms with Crippen molar-refractivity contribution in [2.75, 3.05) is 11.5 Å². The molecule has 212 valence electrons. The number of alkyl halides is 3. The highest BCUT2D eigenvalue weighted by atomic mass is 19.4. The summed E-state index contributed by atoms with van der Waals surface area (Å²) in [7, 11) is 0. The summed E-state index contributed by atoms with van der Waals surface area (Å²) in [6.45, 7) is 1.46. The lowest BCUT2D eigenvalue weighted by atomic mass is 9.99. The predicted molar refractivity (Wildman–Crippen MR) is 135 cm³/mol. The summed E-state index contributed by atoms with van der Waals surface area (Å²) < 4.78 is 54.4. The van der Waals surface area contributed by atoms with Gasteiger partial charge in [0.2, 0.25) is 0 Å². The van der Waals surface area contributed by atoms with Crippen molar-refractivity contribution in [3.8, 4) is 17.5 Å². The van der Waals surface area contributed by atoms with E-state index < -0.39 is 11.3 Å². The van der Waals surface area contributed by atoms with Crippen LogP contribution in [0, 0.1) is 10.1 Å². The molecule has 0 radical (unpaired) electrons. The number of anilines is 1. The zero-order valence-electron chi connectivity index (χ0n) is 21.3. The Morgan fingerprint density at radius 1 is 1.10 bits per heavy atom. The summed E-state index contributed by atoms with van der Waals surface area (Å²) in [5.41, 5.74) is 1.01. The molecule has 0 saturated carbocycles. The predicted octanol–water partition coefficient (Wildman–Crippen LogP) is 4.21. The molecule has 3 aromatic rings. The van der Waals surface area contributed by atoms with Crippen molar-refractivity contribution in [1.82, 2.24) is 19.9 Å². The van der Waals surface area contributed by atoms with Crippen LogP contribution in [0.2, 0.25) is 0 Å². The summed E-state index contributed by atoms with van der Waals surface area (Å²) in [5, 5.41) is 14.4. The fourth-order valence-corrected chi connectivity index (χ4v) is 5.75. The third kappa shape index (κ3) is 5.76. The van der Waals surface area contributed by atoms with Crippen molar-refractivity contribution in [3.63, 3.8) is 0 Å². The minimum absolute atomic E-state index is 0.0239. The monoisotopic (exact) mass is 560 g/mol. The zero-order chi connectivity index (χ0) is 27.9. The summed E-state index contributed by atoms with van der Waals surface area (Å²) >= 11 is 0. The minimum atomic E-state index is -4.72. The summed E-state index contributed by atoms with van der Waals surface area (Å²) in [6, 6.07) is 10.4. The molecule has 2 bridgehead atoms. The lowest BCUT2D eigenvalue weighted by molar-refractivity contribution is -0.389. The van der Waals surface area contributed by atoms with E-state index in [-0.39, 0.29) is 41.8 Å². The highest BCUT2D eigenvalue weighted by Crippen LogP contribution is 2.40. The lowest BCUT2D eigenvalue weighted by Gasteiger charge is -2.39. The van der Waals surface area contributed by atoms with Gasteiger partial charge in [0.05, 0.1) is 6.04 Å². The number of imidazole rings is 1. The SMILES string of the molecule is O=[N+]([O-])c1cn2c(n1)OC[C@@H](NCc1ccc(N3C4CCC3CC(Oc3ccc(OC(F)(F)F)cc3)C4)nc1)C2. The first-order valence-electron chi connectivity index (χ1n) is 13.0. The van der Waals surface area contributed by atoms with Gasteiger partial charge in [0, 0.05) is 49.2 Å². The van der Waals surface area contributed by atoms with Crippen molar-refractivity contribution in [1.29, 1.82) is 0 Å². The number of nitro groups is 1. The van der Waals surface area contributed by atoms with Crippen LogP contribution < -0.4 is 24.4 Å². The number of hydrogen-bond acceptors (Lipinski definition) is 9. The number of nitrogens with zero attached hydrogens (tertiary/aromatic N) is 5. The van der Waals surface area contributed by atoms with Crippen molar-refractivity contribution < 1.29 is 32.3 Å². The van der Waals surface area contributed by atoms with E-state index >= 15 is 0 Å². The maximum atomic E-state index is 12.4. The lowest BCUT2D eigenvalue weighted by Crippen LogP contribution is -2.46. The molecule has 14 heteroatoms. The fraction of sp³-hybridized carbons (Fsp3) is 0.462. The summed E-state index contributed by atoms with van der Waals surface area (Å²) in [5.74, 6) is 0.937. The molecule has 2 fully saturated rings. The fourth-order valence-electron chi connectivity index (χ4n) is 5.75. The van der Waals surface area contributed by atoms with Gasteiger partial charge in [0.1, 0.15) is 36.2 Å². The van der Waals surface area contributed by atoms with E-state index in [1.165, 1.54) is 30.5 Å². The van der Waals surface area contributed by atoms with Gasteiger partial charge in [-0.05, 0) is 53.7 Å². The molecular weight excluding hydrogens is 533 g/mol. The molecule has 11 nitrogen and oxygen atoms in total. The molecule has 0 spiro atoms. The Kier molecular flexibility index (Phi) is 6.86. The topological polar surface area (TPSA) is 117 Å². The zero-order valence-corrected chi connectivity index (χ0v) is 21.3. The average molecular weight is 561 g/mol. The van der Waals surface area contributed by atoms with Gasteiger partial charge >= 0.3 is 18.2 Å². The molecule has 0 amide bonds. The van der Waals surface area contributed by atoms with Gasteiger partial charge in [-0.25, -0.2) is 4.98 Å². The Bertz CT molecular complexity index is 1340. The largest absolute Gasteiger partial charge is 0.573 e. The van der Waals surface area contributed by atoms with Crippen molar-refractivity contribution in [2.45, 2.75) is 69.4 Å². The van der Waals surface area contributed by atoms with Crippen LogP contribution in [0.3, 0.4) is 0 Å². The normalized spacial score (nSPS) is 23.8. The van der Waals surface area contributed by atoms with Crippen LogP contribution in [-0.4, -0.2) is 56.7 Å². The van der Waals surface area contributed by atoms with E-state index in [4.69, 9.17) is 14.5 Å². The molecular formula is C26H27F3N6O5. The maximum Gasteiger partial charge on any atom is 0.573 e.